The number of aliphatic hydroxyl groups is 1. The standard InChI is InChI=1S/C14H15N3O/c15-14-16-8-11-12(17-14)6-10(7-13(11)18)9-4-2-1-3-5-9/h1-5,8,10,13,18H,6-7H2,(H2,15,16,17). The quantitative estimate of drug-likeness (QED) is 0.798. The van der Waals surface area contributed by atoms with Crippen LogP contribution in [0.5, 0.6) is 0 Å². The lowest BCUT2D eigenvalue weighted by molar-refractivity contribution is 0.146. The minimum atomic E-state index is -0.500. The first-order chi connectivity index (χ1) is 8.74. The largest absolute Gasteiger partial charge is 0.388 e. The fourth-order valence-electron chi connectivity index (χ4n) is 2.58. The molecule has 1 aliphatic carbocycles. The number of nitrogens with two attached hydrogens (primary N) is 1. The summed E-state index contributed by atoms with van der Waals surface area (Å²) in [5.74, 6) is 0.567. The fourth-order valence-corrected chi connectivity index (χ4v) is 2.58. The molecule has 3 N–H and O–H groups in total. The highest BCUT2D eigenvalue weighted by Gasteiger charge is 2.27. The van der Waals surface area contributed by atoms with Crippen molar-refractivity contribution in [3.8, 4) is 0 Å². The Hall–Kier alpha value is -1.94. The number of rotatable bonds is 1. The van der Waals surface area contributed by atoms with Crippen LogP contribution >= 0.6 is 0 Å². The zero-order valence-electron chi connectivity index (χ0n) is 9.95. The van der Waals surface area contributed by atoms with Crippen molar-refractivity contribution in [1.82, 2.24) is 9.97 Å². The van der Waals surface area contributed by atoms with Crippen LogP contribution in [0.2, 0.25) is 0 Å². The summed E-state index contributed by atoms with van der Waals surface area (Å²) in [5.41, 5.74) is 8.53. The van der Waals surface area contributed by atoms with Crippen molar-refractivity contribution in [2.45, 2.75) is 24.9 Å². The second-order valence-corrected chi connectivity index (χ2v) is 4.69. The molecule has 0 saturated carbocycles. The van der Waals surface area contributed by atoms with Crippen LogP contribution in [0.15, 0.2) is 36.5 Å². The lowest BCUT2D eigenvalue weighted by atomic mass is 9.81. The van der Waals surface area contributed by atoms with Crippen LogP contribution in [0.1, 0.15) is 35.3 Å². The van der Waals surface area contributed by atoms with E-state index in [1.54, 1.807) is 6.20 Å². The molecular weight excluding hydrogens is 226 g/mol. The van der Waals surface area contributed by atoms with Crippen molar-refractivity contribution in [1.29, 1.82) is 0 Å². The maximum absolute atomic E-state index is 10.2. The molecule has 0 fully saturated rings. The zero-order chi connectivity index (χ0) is 12.5. The van der Waals surface area contributed by atoms with Crippen molar-refractivity contribution < 1.29 is 5.11 Å². The van der Waals surface area contributed by atoms with E-state index in [0.717, 1.165) is 17.7 Å². The smallest absolute Gasteiger partial charge is 0.220 e. The van der Waals surface area contributed by atoms with Gasteiger partial charge in [-0.1, -0.05) is 30.3 Å². The van der Waals surface area contributed by atoms with Crippen molar-refractivity contribution in [2.75, 3.05) is 5.73 Å². The minimum absolute atomic E-state index is 0.273. The Morgan fingerprint density at radius 2 is 2.00 bits per heavy atom. The van der Waals surface area contributed by atoms with Crippen molar-refractivity contribution in [3.63, 3.8) is 0 Å². The van der Waals surface area contributed by atoms with Gasteiger partial charge >= 0.3 is 0 Å². The molecule has 1 heterocycles. The van der Waals surface area contributed by atoms with Gasteiger partial charge in [-0.15, -0.1) is 0 Å². The Balaban J connectivity index is 1.96. The first-order valence-electron chi connectivity index (χ1n) is 6.08. The predicted octanol–water partition coefficient (Wildman–Crippen LogP) is 1.82. The summed E-state index contributed by atoms with van der Waals surface area (Å²) in [6.07, 6.45) is 2.66. The van der Waals surface area contributed by atoms with Crippen LogP contribution in [0.4, 0.5) is 5.95 Å². The molecule has 2 atom stereocenters. The van der Waals surface area contributed by atoms with Crippen molar-refractivity contribution >= 4 is 5.95 Å². The molecule has 4 heteroatoms. The van der Waals surface area contributed by atoms with Crippen LogP contribution in [0, 0.1) is 0 Å². The van der Waals surface area contributed by atoms with Gasteiger partial charge in [-0.2, -0.15) is 0 Å². The second-order valence-electron chi connectivity index (χ2n) is 4.69. The van der Waals surface area contributed by atoms with E-state index in [0.29, 0.717) is 12.3 Å². The van der Waals surface area contributed by atoms with Gasteiger partial charge in [0.1, 0.15) is 0 Å². The number of nitrogens with zero attached hydrogens (tertiary/aromatic N) is 2. The first-order valence-corrected chi connectivity index (χ1v) is 6.08. The highest BCUT2D eigenvalue weighted by molar-refractivity contribution is 5.33. The van der Waals surface area contributed by atoms with Gasteiger partial charge in [-0.3, -0.25) is 0 Å². The summed E-state index contributed by atoms with van der Waals surface area (Å²) >= 11 is 0. The molecule has 3 rings (SSSR count). The molecule has 2 unspecified atom stereocenters. The number of hydrogen-bond acceptors (Lipinski definition) is 4. The summed E-state index contributed by atoms with van der Waals surface area (Å²) in [7, 11) is 0. The van der Waals surface area contributed by atoms with Gasteiger partial charge < -0.3 is 10.8 Å². The van der Waals surface area contributed by atoms with Crippen molar-refractivity contribution in [3.05, 3.63) is 53.3 Å². The molecule has 4 nitrogen and oxygen atoms in total. The Morgan fingerprint density at radius 3 is 2.78 bits per heavy atom. The van der Waals surface area contributed by atoms with Gasteiger partial charge in [0.2, 0.25) is 5.95 Å². The van der Waals surface area contributed by atoms with E-state index in [2.05, 4.69) is 22.1 Å². The summed E-state index contributed by atoms with van der Waals surface area (Å²) < 4.78 is 0. The van der Waals surface area contributed by atoms with Crippen LogP contribution < -0.4 is 5.73 Å². The summed E-state index contributed by atoms with van der Waals surface area (Å²) in [5, 5.41) is 10.2. The molecule has 1 aromatic heterocycles. The molecule has 1 aromatic carbocycles. The van der Waals surface area contributed by atoms with Crippen LogP contribution in [0.3, 0.4) is 0 Å². The lowest BCUT2D eigenvalue weighted by Gasteiger charge is -2.27. The SMILES string of the molecule is Nc1ncc2c(n1)CC(c1ccccc1)CC2O. The third-order valence-electron chi connectivity index (χ3n) is 3.50. The van der Waals surface area contributed by atoms with Crippen LogP contribution in [0.25, 0.3) is 0 Å². The van der Waals surface area contributed by atoms with Crippen LogP contribution in [-0.4, -0.2) is 15.1 Å². The predicted molar refractivity (Wildman–Crippen MR) is 68.9 cm³/mol. The summed E-state index contributed by atoms with van der Waals surface area (Å²) in [6.45, 7) is 0. The molecule has 1 aliphatic rings. The average molecular weight is 241 g/mol. The Kier molecular flexibility index (Phi) is 2.72. The highest BCUT2D eigenvalue weighted by Crippen LogP contribution is 2.37. The molecule has 0 radical (unpaired) electrons. The maximum atomic E-state index is 10.2. The normalized spacial score (nSPS) is 22.5. The third kappa shape index (κ3) is 1.95. The van der Waals surface area contributed by atoms with E-state index in [4.69, 9.17) is 5.73 Å². The van der Waals surface area contributed by atoms with Gasteiger partial charge in [-0.25, -0.2) is 9.97 Å². The molecule has 0 aliphatic heterocycles. The number of benzene rings is 1. The first kappa shape index (κ1) is 11.2. The Morgan fingerprint density at radius 1 is 1.22 bits per heavy atom. The molecule has 0 amide bonds. The second kappa shape index (κ2) is 4.38. The van der Waals surface area contributed by atoms with Gasteiger partial charge in [0.25, 0.3) is 0 Å². The average Bonchev–Trinajstić information content (AvgIpc) is 2.39. The highest BCUT2D eigenvalue weighted by atomic mass is 16.3. The van der Waals surface area contributed by atoms with E-state index in [1.807, 2.05) is 18.2 Å². The molecule has 92 valence electrons. The molecule has 0 saturated heterocycles. The third-order valence-corrected chi connectivity index (χ3v) is 3.50. The minimum Gasteiger partial charge on any atom is -0.388 e. The van der Waals surface area contributed by atoms with Gasteiger partial charge in [0.15, 0.2) is 0 Å². The van der Waals surface area contributed by atoms with Gasteiger partial charge in [0, 0.05) is 11.8 Å². The number of aromatic nitrogens is 2. The molecule has 2 aromatic rings. The molecule has 0 spiro atoms. The van der Waals surface area contributed by atoms with E-state index in [-0.39, 0.29) is 5.95 Å². The van der Waals surface area contributed by atoms with E-state index < -0.39 is 6.10 Å². The number of hydrogen-bond donors (Lipinski definition) is 2. The summed E-state index contributed by atoms with van der Waals surface area (Å²) in [6, 6.07) is 10.2. The Labute approximate surface area is 106 Å². The molecular formula is C14H15N3O. The van der Waals surface area contributed by atoms with E-state index in [9.17, 15) is 5.11 Å². The van der Waals surface area contributed by atoms with E-state index in [1.165, 1.54) is 5.56 Å². The van der Waals surface area contributed by atoms with Gasteiger partial charge in [-0.05, 0) is 24.3 Å². The topological polar surface area (TPSA) is 72.0 Å². The van der Waals surface area contributed by atoms with Gasteiger partial charge in [0.05, 0.1) is 11.8 Å². The molecule has 18 heavy (non-hydrogen) atoms. The zero-order valence-corrected chi connectivity index (χ0v) is 9.95. The number of nitrogen functional groups attached to an aromatic ring is 1. The fraction of sp³-hybridized carbons (Fsp3) is 0.286. The van der Waals surface area contributed by atoms with E-state index >= 15 is 0 Å². The monoisotopic (exact) mass is 241 g/mol. The molecule has 0 bridgehead atoms. The lowest BCUT2D eigenvalue weighted by Crippen LogP contribution is -2.19. The number of anilines is 1. The summed E-state index contributed by atoms with van der Waals surface area (Å²) in [4.78, 5) is 8.19. The maximum Gasteiger partial charge on any atom is 0.220 e. The number of fused-ring (bicyclic) bond motifs is 1. The number of aliphatic hydroxyl groups excluding tert-OH is 1. The van der Waals surface area contributed by atoms with Crippen LogP contribution in [-0.2, 0) is 6.42 Å². The van der Waals surface area contributed by atoms with Crippen molar-refractivity contribution in [2.24, 2.45) is 0 Å². The Bertz CT molecular complexity index is 556.